The summed E-state index contributed by atoms with van der Waals surface area (Å²) in [6, 6.07) is 13.2. The van der Waals surface area contributed by atoms with Crippen LogP contribution in [0.3, 0.4) is 0 Å². The Balaban J connectivity index is 2.35. The number of benzene rings is 2. The smallest absolute Gasteiger partial charge is 0.340 e. The minimum atomic E-state index is -0.411. The van der Waals surface area contributed by atoms with Gasteiger partial charge in [-0.2, -0.15) is 0 Å². The van der Waals surface area contributed by atoms with Crippen molar-refractivity contribution in [3.05, 3.63) is 53.6 Å². The van der Waals surface area contributed by atoms with E-state index in [4.69, 9.17) is 10.5 Å². The second-order valence-electron chi connectivity index (χ2n) is 4.48. The first kappa shape index (κ1) is 13.9. The number of anilines is 3. The van der Waals surface area contributed by atoms with Crippen molar-refractivity contribution in [2.75, 3.05) is 18.2 Å². The van der Waals surface area contributed by atoms with E-state index in [1.165, 1.54) is 12.7 Å². The van der Waals surface area contributed by atoms with Crippen LogP contribution in [0.1, 0.15) is 22.8 Å². The molecule has 0 spiro atoms. The van der Waals surface area contributed by atoms with Crippen molar-refractivity contribution >= 4 is 23.0 Å². The van der Waals surface area contributed by atoms with Gasteiger partial charge in [0.2, 0.25) is 0 Å². The lowest BCUT2D eigenvalue weighted by Crippen LogP contribution is -2.06. The lowest BCUT2D eigenvalue weighted by Gasteiger charge is -2.12. The quantitative estimate of drug-likeness (QED) is 0.660. The monoisotopic (exact) mass is 270 g/mol. The van der Waals surface area contributed by atoms with E-state index in [9.17, 15) is 4.79 Å². The molecule has 0 aliphatic rings. The standard InChI is InChI=1S/C16H18N2O2/c1-3-11-5-4-6-13(9-11)18-15-8-7-12(17)10-14(15)16(19)20-2/h4-10,18H,3,17H2,1-2H3. The molecule has 0 aliphatic carbocycles. The molecule has 0 fully saturated rings. The number of esters is 1. The van der Waals surface area contributed by atoms with Gasteiger partial charge in [0.15, 0.2) is 0 Å². The van der Waals surface area contributed by atoms with E-state index >= 15 is 0 Å². The molecule has 0 aliphatic heterocycles. The van der Waals surface area contributed by atoms with Crippen LogP contribution in [-0.2, 0) is 11.2 Å². The average molecular weight is 270 g/mol. The average Bonchev–Trinajstić information content (AvgIpc) is 2.48. The molecule has 2 aromatic carbocycles. The third kappa shape index (κ3) is 3.09. The molecule has 0 aromatic heterocycles. The molecule has 2 aromatic rings. The fraction of sp³-hybridized carbons (Fsp3) is 0.188. The number of ether oxygens (including phenoxy) is 1. The van der Waals surface area contributed by atoms with E-state index in [-0.39, 0.29) is 0 Å². The molecular formula is C16H18N2O2. The zero-order valence-corrected chi connectivity index (χ0v) is 11.6. The van der Waals surface area contributed by atoms with Gasteiger partial charge in [0, 0.05) is 11.4 Å². The third-order valence-electron chi connectivity index (χ3n) is 3.06. The molecule has 0 atom stereocenters. The van der Waals surface area contributed by atoms with Crippen LogP contribution < -0.4 is 11.1 Å². The first-order chi connectivity index (χ1) is 9.63. The van der Waals surface area contributed by atoms with Gasteiger partial charge in [0.25, 0.3) is 0 Å². The Labute approximate surface area is 118 Å². The Morgan fingerprint density at radius 1 is 1.25 bits per heavy atom. The van der Waals surface area contributed by atoms with Crippen LogP contribution in [0.15, 0.2) is 42.5 Å². The van der Waals surface area contributed by atoms with Crippen molar-refractivity contribution in [2.45, 2.75) is 13.3 Å². The highest BCUT2D eigenvalue weighted by molar-refractivity contribution is 5.97. The summed E-state index contributed by atoms with van der Waals surface area (Å²) in [5.41, 5.74) is 9.51. The van der Waals surface area contributed by atoms with Crippen LogP contribution >= 0.6 is 0 Å². The van der Waals surface area contributed by atoms with E-state index in [1.807, 2.05) is 12.1 Å². The highest BCUT2D eigenvalue weighted by Gasteiger charge is 2.12. The van der Waals surface area contributed by atoms with Gasteiger partial charge >= 0.3 is 5.97 Å². The van der Waals surface area contributed by atoms with Gasteiger partial charge in [0.05, 0.1) is 18.4 Å². The highest BCUT2D eigenvalue weighted by Crippen LogP contribution is 2.24. The summed E-state index contributed by atoms with van der Waals surface area (Å²) >= 11 is 0. The maximum Gasteiger partial charge on any atom is 0.340 e. The molecule has 0 heterocycles. The Hall–Kier alpha value is -2.49. The molecule has 0 bridgehead atoms. The van der Waals surface area contributed by atoms with Crippen LogP contribution in [0.4, 0.5) is 17.1 Å². The summed E-state index contributed by atoms with van der Waals surface area (Å²) in [5.74, 6) is -0.411. The number of carbonyl (C=O) groups is 1. The number of aryl methyl sites for hydroxylation is 1. The molecule has 20 heavy (non-hydrogen) atoms. The number of nitrogen functional groups attached to an aromatic ring is 1. The Bertz CT molecular complexity index is 624. The summed E-state index contributed by atoms with van der Waals surface area (Å²) in [4.78, 5) is 11.8. The van der Waals surface area contributed by atoms with E-state index < -0.39 is 5.97 Å². The number of nitrogens with one attached hydrogen (secondary N) is 1. The highest BCUT2D eigenvalue weighted by atomic mass is 16.5. The summed E-state index contributed by atoms with van der Waals surface area (Å²) in [5, 5.41) is 3.23. The molecule has 2 rings (SSSR count). The van der Waals surface area contributed by atoms with Crippen molar-refractivity contribution in [3.63, 3.8) is 0 Å². The van der Waals surface area contributed by atoms with Gasteiger partial charge in [-0.05, 0) is 42.3 Å². The van der Waals surface area contributed by atoms with E-state index in [1.54, 1.807) is 18.2 Å². The molecule has 3 N–H and O–H groups in total. The number of nitrogens with two attached hydrogens (primary N) is 1. The van der Waals surface area contributed by atoms with Crippen molar-refractivity contribution in [3.8, 4) is 0 Å². The number of hydrogen-bond acceptors (Lipinski definition) is 4. The van der Waals surface area contributed by atoms with Crippen molar-refractivity contribution < 1.29 is 9.53 Å². The van der Waals surface area contributed by atoms with Crippen LogP contribution in [0.2, 0.25) is 0 Å². The third-order valence-corrected chi connectivity index (χ3v) is 3.06. The van der Waals surface area contributed by atoms with Crippen LogP contribution in [0, 0.1) is 0 Å². The minimum absolute atomic E-state index is 0.411. The maximum atomic E-state index is 11.8. The Morgan fingerprint density at radius 3 is 2.75 bits per heavy atom. The lowest BCUT2D eigenvalue weighted by molar-refractivity contribution is 0.0602. The number of rotatable bonds is 4. The van der Waals surface area contributed by atoms with Crippen LogP contribution in [0.5, 0.6) is 0 Å². The fourth-order valence-corrected chi connectivity index (χ4v) is 1.97. The SMILES string of the molecule is CCc1cccc(Nc2ccc(N)cc2C(=O)OC)c1. The molecule has 0 saturated heterocycles. The van der Waals surface area contributed by atoms with Crippen LogP contribution in [-0.4, -0.2) is 13.1 Å². The van der Waals surface area contributed by atoms with E-state index in [0.29, 0.717) is 16.9 Å². The molecule has 0 amide bonds. The summed E-state index contributed by atoms with van der Waals surface area (Å²) in [6.45, 7) is 2.10. The Morgan fingerprint density at radius 2 is 2.05 bits per heavy atom. The van der Waals surface area contributed by atoms with Gasteiger partial charge in [-0.1, -0.05) is 19.1 Å². The zero-order valence-electron chi connectivity index (χ0n) is 11.6. The fourth-order valence-electron chi connectivity index (χ4n) is 1.97. The van der Waals surface area contributed by atoms with Gasteiger partial charge in [-0.15, -0.1) is 0 Å². The maximum absolute atomic E-state index is 11.8. The predicted molar refractivity (Wildman–Crippen MR) is 81.3 cm³/mol. The van der Waals surface area contributed by atoms with Crippen molar-refractivity contribution in [1.29, 1.82) is 0 Å². The number of hydrogen-bond donors (Lipinski definition) is 2. The summed E-state index contributed by atoms with van der Waals surface area (Å²) in [7, 11) is 1.35. The normalized spacial score (nSPS) is 10.1. The van der Waals surface area contributed by atoms with Gasteiger partial charge in [-0.3, -0.25) is 0 Å². The number of carbonyl (C=O) groups excluding carboxylic acids is 1. The molecule has 104 valence electrons. The second-order valence-corrected chi connectivity index (χ2v) is 4.48. The van der Waals surface area contributed by atoms with Crippen molar-refractivity contribution in [1.82, 2.24) is 0 Å². The predicted octanol–water partition coefficient (Wildman–Crippen LogP) is 3.36. The Kier molecular flexibility index (Phi) is 4.25. The van der Waals surface area contributed by atoms with E-state index in [0.717, 1.165) is 12.1 Å². The van der Waals surface area contributed by atoms with Gasteiger partial charge in [0.1, 0.15) is 0 Å². The summed E-state index contributed by atoms with van der Waals surface area (Å²) < 4.78 is 4.78. The molecule has 4 heteroatoms. The van der Waals surface area contributed by atoms with Crippen molar-refractivity contribution in [2.24, 2.45) is 0 Å². The first-order valence-corrected chi connectivity index (χ1v) is 6.48. The molecule has 0 unspecified atom stereocenters. The minimum Gasteiger partial charge on any atom is -0.465 e. The van der Waals surface area contributed by atoms with E-state index in [2.05, 4.69) is 24.4 Å². The van der Waals surface area contributed by atoms with Gasteiger partial charge in [-0.25, -0.2) is 4.79 Å². The second kappa shape index (κ2) is 6.10. The molecule has 0 saturated carbocycles. The largest absolute Gasteiger partial charge is 0.465 e. The summed E-state index contributed by atoms with van der Waals surface area (Å²) in [6.07, 6.45) is 0.959. The zero-order chi connectivity index (χ0) is 14.5. The molecular weight excluding hydrogens is 252 g/mol. The molecule has 4 nitrogen and oxygen atoms in total. The number of methoxy groups -OCH3 is 1. The first-order valence-electron chi connectivity index (χ1n) is 6.48. The topological polar surface area (TPSA) is 64.3 Å². The molecule has 0 radical (unpaired) electrons. The van der Waals surface area contributed by atoms with Crippen LogP contribution in [0.25, 0.3) is 0 Å². The lowest BCUT2D eigenvalue weighted by atomic mass is 10.1. The van der Waals surface area contributed by atoms with Gasteiger partial charge < -0.3 is 15.8 Å².